The number of esters is 1. The van der Waals surface area contributed by atoms with E-state index in [2.05, 4.69) is 36.3 Å². The van der Waals surface area contributed by atoms with E-state index in [0.29, 0.717) is 11.4 Å². The van der Waals surface area contributed by atoms with Crippen molar-refractivity contribution in [2.45, 2.75) is 52.7 Å². The van der Waals surface area contributed by atoms with Gasteiger partial charge in [-0.2, -0.15) is 5.10 Å². The van der Waals surface area contributed by atoms with Crippen LogP contribution in [0.25, 0.3) is 10.2 Å². The molecule has 1 fully saturated rings. The minimum atomic E-state index is -0.772. The Morgan fingerprint density at radius 1 is 1.13 bits per heavy atom. The number of nitrogens with zero attached hydrogens (tertiary/aromatic N) is 3. The molecule has 158 valence electrons. The van der Waals surface area contributed by atoms with Gasteiger partial charge in [-0.15, -0.1) is 11.3 Å². The van der Waals surface area contributed by atoms with Gasteiger partial charge in [0.1, 0.15) is 9.71 Å². The predicted octanol–water partition coefficient (Wildman–Crippen LogP) is 4.32. The lowest BCUT2D eigenvalue weighted by molar-refractivity contribution is -0.140. The Balaban J connectivity index is 1.49. The topological polar surface area (TPSA) is 64.4 Å². The van der Waals surface area contributed by atoms with E-state index >= 15 is 0 Å². The van der Waals surface area contributed by atoms with Gasteiger partial charge >= 0.3 is 5.97 Å². The van der Waals surface area contributed by atoms with Gasteiger partial charge in [-0.3, -0.25) is 9.48 Å². The molecule has 0 saturated carbocycles. The van der Waals surface area contributed by atoms with Gasteiger partial charge in [0.2, 0.25) is 0 Å². The second-order valence-electron chi connectivity index (χ2n) is 7.99. The molecular formula is C23H27N3O3S. The number of rotatable bonds is 5. The predicted molar refractivity (Wildman–Crippen MR) is 118 cm³/mol. The maximum Gasteiger partial charge on any atom is 0.349 e. The zero-order valence-electron chi connectivity index (χ0n) is 17.7. The third-order valence-corrected chi connectivity index (χ3v) is 6.69. The average molecular weight is 426 g/mol. The van der Waals surface area contributed by atoms with Crippen molar-refractivity contribution >= 4 is 33.4 Å². The highest BCUT2D eigenvalue weighted by Crippen LogP contribution is 2.29. The Labute approximate surface area is 180 Å². The van der Waals surface area contributed by atoms with Gasteiger partial charge in [-0.25, -0.2) is 4.79 Å². The molecule has 0 unspecified atom stereocenters. The average Bonchev–Trinajstić information content (AvgIpc) is 3.31. The lowest BCUT2D eigenvalue weighted by Gasteiger charge is -2.28. The fourth-order valence-electron chi connectivity index (χ4n) is 3.83. The first-order valence-electron chi connectivity index (χ1n) is 10.4. The van der Waals surface area contributed by atoms with E-state index in [1.165, 1.54) is 16.9 Å². The highest BCUT2D eigenvalue weighted by atomic mass is 32.1. The van der Waals surface area contributed by atoms with Crippen molar-refractivity contribution in [3.05, 3.63) is 52.0 Å². The first-order valence-corrected chi connectivity index (χ1v) is 11.3. The molecule has 0 aliphatic carbocycles. The van der Waals surface area contributed by atoms with Crippen molar-refractivity contribution in [3.8, 4) is 0 Å². The minimum Gasteiger partial charge on any atom is -0.448 e. The van der Waals surface area contributed by atoms with E-state index in [9.17, 15) is 9.59 Å². The number of benzene rings is 1. The molecule has 3 aromatic rings. The molecule has 6 nitrogen and oxygen atoms in total. The van der Waals surface area contributed by atoms with E-state index in [1.807, 2.05) is 17.7 Å². The summed E-state index contributed by atoms with van der Waals surface area (Å²) >= 11 is 1.37. The number of aryl methyl sites for hydroxylation is 2. The van der Waals surface area contributed by atoms with Gasteiger partial charge in [0.15, 0.2) is 6.10 Å². The number of hydrogen-bond donors (Lipinski definition) is 0. The first kappa shape index (κ1) is 20.6. The Bertz CT molecular complexity index is 1060. The van der Waals surface area contributed by atoms with Crippen LogP contribution in [0.3, 0.4) is 0 Å². The van der Waals surface area contributed by atoms with Crippen LogP contribution in [0.1, 0.15) is 52.7 Å². The van der Waals surface area contributed by atoms with E-state index in [-0.39, 0.29) is 5.91 Å². The zero-order chi connectivity index (χ0) is 21.3. The lowest BCUT2D eigenvalue weighted by Crippen LogP contribution is -2.42. The molecule has 4 rings (SSSR count). The molecule has 0 N–H and O–H groups in total. The number of aromatic nitrogens is 2. The monoisotopic (exact) mass is 425 g/mol. The Hall–Kier alpha value is -2.67. The van der Waals surface area contributed by atoms with Gasteiger partial charge in [0.05, 0.1) is 12.2 Å². The van der Waals surface area contributed by atoms with Crippen molar-refractivity contribution in [1.82, 2.24) is 14.7 Å². The normalized spacial score (nSPS) is 15.4. The maximum atomic E-state index is 12.7. The summed E-state index contributed by atoms with van der Waals surface area (Å²) in [5.41, 5.74) is 3.25. The summed E-state index contributed by atoms with van der Waals surface area (Å²) in [7, 11) is 0. The number of likely N-dealkylation sites (tertiary alicyclic amines) is 1. The van der Waals surface area contributed by atoms with Crippen LogP contribution in [0, 0.1) is 13.8 Å². The highest BCUT2D eigenvalue weighted by molar-refractivity contribution is 7.20. The third-order valence-electron chi connectivity index (χ3n) is 5.56. The fraction of sp³-hybridized carbons (Fsp3) is 0.435. The summed E-state index contributed by atoms with van der Waals surface area (Å²) in [6.45, 7) is 7.80. The number of ether oxygens (including phenoxy) is 1. The minimum absolute atomic E-state index is 0.106. The quantitative estimate of drug-likeness (QED) is 0.571. The SMILES string of the molecule is Cc1ccc(Cn2nc(C)c3cc(C(=O)O[C@@H](C)C(=O)N4CCCCC4)sc32)cc1. The van der Waals surface area contributed by atoms with E-state index in [4.69, 9.17) is 4.74 Å². The Morgan fingerprint density at radius 3 is 2.53 bits per heavy atom. The van der Waals surface area contributed by atoms with Gasteiger partial charge in [-0.1, -0.05) is 29.8 Å². The zero-order valence-corrected chi connectivity index (χ0v) is 18.5. The summed E-state index contributed by atoms with van der Waals surface area (Å²) in [6.07, 6.45) is 2.41. The van der Waals surface area contributed by atoms with Crippen molar-refractivity contribution in [2.75, 3.05) is 13.1 Å². The fourth-order valence-corrected chi connectivity index (χ4v) is 4.87. The van der Waals surface area contributed by atoms with Crippen molar-refractivity contribution in [1.29, 1.82) is 0 Å². The van der Waals surface area contributed by atoms with E-state index < -0.39 is 12.1 Å². The number of carbonyl (C=O) groups excluding carboxylic acids is 2. The molecule has 1 amide bonds. The molecule has 0 bridgehead atoms. The van der Waals surface area contributed by atoms with E-state index in [1.54, 1.807) is 11.8 Å². The number of fused-ring (bicyclic) bond motifs is 1. The van der Waals surface area contributed by atoms with Crippen LogP contribution < -0.4 is 0 Å². The van der Waals surface area contributed by atoms with Crippen LogP contribution in [0.2, 0.25) is 0 Å². The second-order valence-corrected chi connectivity index (χ2v) is 9.02. The number of hydrogen-bond acceptors (Lipinski definition) is 5. The van der Waals surface area contributed by atoms with Crippen molar-refractivity contribution in [2.24, 2.45) is 0 Å². The molecule has 1 aliphatic heterocycles. The van der Waals surface area contributed by atoms with Crippen LogP contribution in [0.15, 0.2) is 30.3 Å². The van der Waals surface area contributed by atoms with Crippen LogP contribution >= 0.6 is 11.3 Å². The molecule has 2 aromatic heterocycles. The number of carbonyl (C=O) groups is 2. The van der Waals surface area contributed by atoms with Gasteiger partial charge in [0, 0.05) is 18.5 Å². The van der Waals surface area contributed by atoms with Crippen LogP contribution in [0.5, 0.6) is 0 Å². The summed E-state index contributed by atoms with van der Waals surface area (Å²) in [5.74, 6) is -0.554. The van der Waals surface area contributed by atoms with Crippen molar-refractivity contribution in [3.63, 3.8) is 0 Å². The van der Waals surface area contributed by atoms with E-state index in [0.717, 1.165) is 53.8 Å². The summed E-state index contributed by atoms with van der Waals surface area (Å²) in [6, 6.07) is 10.2. The molecular weight excluding hydrogens is 398 g/mol. The number of thiophene rings is 1. The molecule has 1 saturated heterocycles. The summed E-state index contributed by atoms with van der Waals surface area (Å²) in [5, 5.41) is 5.59. The highest BCUT2D eigenvalue weighted by Gasteiger charge is 2.26. The molecule has 0 radical (unpaired) electrons. The van der Waals surface area contributed by atoms with Crippen LogP contribution in [0.4, 0.5) is 0 Å². The second kappa shape index (κ2) is 8.60. The summed E-state index contributed by atoms with van der Waals surface area (Å²) in [4.78, 5) is 28.5. The van der Waals surface area contributed by atoms with Gasteiger partial charge in [0.25, 0.3) is 5.91 Å². The number of piperidine rings is 1. The van der Waals surface area contributed by atoms with Crippen LogP contribution in [-0.4, -0.2) is 45.8 Å². The Kier molecular flexibility index (Phi) is 5.90. The molecule has 30 heavy (non-hydrogen) atoms. The lowest BCUT2D eigenvalue weighted by atomic mass is 10.1. The first-order chi connectivity index (χ1) is 14.4. The van der Waals surface area contributed by atoms with Crippen molar-refractivity contribution < 1.29 is 14.3 Å². The Morgan fingerprint density at radius 2 is 1.83 bits per heavy atom. The van der Waals surface area contributed by atoms with Crippen LogP contribution in [-0.2, 0) is 16.1 Å². The third kappa shape index (κ3) is 4.26. The molecule has 1 aromatic carbocycles. The standard InChI is InChI=1S/C23H27N3O3S/c1-15-7-9-18(10-8-15)14-26-22-19(16(2)24-26)13-20(30-22)23(28)29-17(3)21(27)25-11-5-4-6-12-25/h7-10,13,17H,4-6,11-12,14H2,1-3H3/t17-/m0/s1. The van der Waals surface area contributed by atoms with Gasteiger partial charge < -0.3 is 9.64 Å². The number of amides is 1. The molecule has 7 heteroatoms. The van der Waals surface area contributed by atoms with Gasteiger partial charge in [-0.05, 0) is 51.7 Å². The molecule has 1 atom stereocenters. The smallest absolute Gasteiger partial charge is 0.349 e. The molecule has 0 spiro atoms. The molecule has 1 aliphatic rings. The largest absolute Gasteiger partial charge is 0.448 e. The molecule has 3 heterocycles. The maximum absolute atomic E-state index is 12.7. The summed E-state index contributed by atoms with van der Waals surface area (Å²) < 4.78 is 7.44.